The number of carbonyl (C=O) groups excluding carboxylic acids is 1. The molecule has 1 amide bonds. The molecule has 6 nitrogen and oxygen atoms in total. The Bertz CT molecular complexity index is 1590. The van der Waals surface area contributed by atoms with Crippen LogP contribution in [0.1, 0.15) is 72.0 Å². The van der Waals surface area contributed by atoms with Crippen molar-refractivity contribution in [2.75, 3.05) is 13.6 Å². The summed E-state index contributed by atoms with van der Waals surface area (Å²) in [6.45, 7) is 2.27. The summed E-state index contributed by atoms with van der Waals surface area (Å²) in [5.74, 6) is -1.33. The third-order valence-corrected chi connectivity index (χ3v) is 9.83. The van der Waals surface area contributed by atoms with Gasteiger partial charge in [-0.1, -0.05) is 41.9 Å². The van der Waals surface area contributed by atoms with Gasteiger partial charge in [-0.15, -0.1) is 0 Å². The minimum absolute atomic E-state index is 0.0278. The summed E-state index contributed by atoms with van der Waals surface area (Å²) in [6, 6.07) is 12.7. The standard InChI is InChI=1S/C33H33ClF2N2O4/c1-32(40)10-8-18(9-11-32)38-16-33(17-6-4-3-5-7-17)15-21-24(42-33)14-22(35)29(34)27(21)28-20(31(39)37-2)13-25-26(30(28)36)19-12-23(19)41-25/h3-7,13-14,18-19,23,38,40H,8-12,15-16H2,1-2H3,(H,37,39)/t18?,19-,23+,32?,33-/m1/s1. The lowest BCUT2D eigenvalue weighted by Gasteiger charge is -2.36. The molecule has 0 saturated heterocycles. The molecule has 2 aliphatic heterocycles. The van der Waals surface area contributed by atoms with E-state index >= 15 is 8.78 Å². The smallest absolute Gasteiger partial charge is 0.251 e. The molecule has 0 bridgehead atoms. The Morgan fingerprint density at radius 2 is 1.86 bits per heavy atom. The summed E-state index contributed by atoms with van der Waals surface area (Å²) in [5.41, 5.74) is 0.408. The van der Waals surface area contributed by atoms with Crippen LogP contribution in [0.3, 0.4) is 0 Å². The van der Waals surface area contributed by atoms with Crippen LogP contribution in [-0.2, 0) is 12.0 Å². The molecule has 0 aromatic heterocycles. The first-order chi connectivity index (χ1) is 20.1. The largest absolute Gasteiger partial charge is 0.489 e. The minimum Gasteiger partial charge on any atom is -0.489 e. The number of ether oxygens (including phenoxy) is 2. The maximum atomic E-state index is 16.5. The van der Waals surface area contributed by atoms with E-state index in [1.165, 1.54) is 13.1 Å². The van der Waals surface area contributed by atoms with Gasteiger partial charge in [-0.25, -0.2) is 8.78 Å². The van der Waals surface area contributed by atoms with Crippen molar-refractivity contribution in [3.05, 3.63) is 81.4 Å². The van der Waals surface area contributed by atoms with E-state index in [-0.39, 0.29) is 51.9 Å². The van der Waals surface area contributed by atoms with Crippen molar-refractivity contribution in [1.29, 1.82) is 0 Å². The number of benzene rings is 3. The number of amides is 1. The zero-order valence-electron chi connectivity index (χ0n) is 23.5. The Hall–Kier alpha value is -3.20. The van der Waals surface area contributed by atoms with Crippen molar-refractivity contribution in [1.82, 2.24) is 10.6 Å². The van der Waals surface area contributed by atoms with Crippen molar-refractivity contribution in [3.8, 4) is 22.6 Å². The van der Waals surface area contributed by atoms with Gasteiger partial charge in [0.1, 0.15) is 29.2 Å². The number of aliphatic hydroxyl groups is 1. The van der Waals surface area contributed by atoms with Crippen molar-refractivity contribution >= 4 is 17.5 Å². The van der Waals surface area contributed by atoms with Gasteiger partial charge in [0.15, 0.2) is 5.60 Å². The van der Waals surface area contributed by atoms with Gasteiger partial charge in [0.2, 0.25) is 0 Å². The zero-order valence-corrected chi connectivity index (χ0v) is 24.3. The molecule has 3 atom stereocenters. The van der Waals surface area contributed by atoms with Crippen molar-refractivity contribution in [3.63, 3.8) is 0 Å². The van der Waals surface area contributed by atoms with Crippen LogP contribution in [0.15, 0.2) is 42.5 Å². The van der Waals surface area contributed by atoms with Crippen LogP contribution < -0.4 is 20.1 Å². The Balaban J connectivity index is 1.34. The van der Waals surface area contributed by atoms with E-state index in [4.69, 9.17) is 21.1 Å². The molecule has 4 aliphatic rings. The van der Waals surface area contributed by atoms with E-state index in [0.29, 0.717) is 42.7 Å². The summed E-state index contributed by atoms with van der Waals surface area (Å²) in [7, 11) is 1.47. The van der Waals surface area contributed by atoms with E-state index in [1.54, 1.807) is 6.07 Å². The molecular weight excluding hydrogens is 562 g/mol. The fraction of sp³-hybridized carbons (Fsp3) is 0.424. The van der Waals surface area contributed by atoms with Crippen LogP contribution >= 0.6 is 11.6 Å². The topological polar surface area (TPSA) is 79.8 Å². The lowest BCUT2D eigenvalue weighted by atomic mass is 9.82. The molecular formula is C33H33ClF2N2O4. The fourth-order valence-corrected chi connectivity index (χ4v) is 7.23. The summed E-state index contributed by atoms with van der Waals surface area (Å²) < 4.78 is 44.6. The number of hydrogen-bond acceptors (Lipinski definition) is 5. The van der Waals surface area contributed by atoms with Gasteiger partial charge >= 0.3 is 0 Å². The first-order valence-electron chi connectivity index (χ1n) is 14.6. The number of halogens is 3. The summed E-state index contributed by atoms with van der Waals surface area (Å²) in [4.78, 5) is 13.1. The first kappa shape index (κ1) is 27.6. The number of nitrogens with one attached hydrogen (secondary N) is 2. The van der Waals surface area contributed by atoms with Gasteiger partial charge in [0.05, 0.1) is 16.2 Å². The monoisotopic (exact) mass is 594 g/mol. The lowest BCUT2D eigenvalue weighted by Crippen LogP contribution is -2.48. The van der Waals surface area contributed by atoms with Crippen molar-refractivity contribution in [2.45, 2.75) is 74.7 Å². The maximum Gasteiger partial charge on any atom is 0.251 e. The highest BCUT2D eigenvalue weighted by atomic mass is 35.5. The SMILES string of the molecule is CNC(=O)c1cc2c(c(F)c1-c1c(Cl)c(F)cc3c1C[C@@](CNC1CCC(C)(O)CC1)(c1ccccc1)O3)[C@@H]1C[C@@H]1O2. The predicted molar refractivity (Wildman–Crippen MR) is 155 cm³/mol. The van der Waals surface area contributed by atoms with Gasteiger partial charge < -0.3 is 25.2 Å². The average Bonchev–Trinajstić information content (AvgIpc) is 3.48. The highest BCUT2D eigenvalue weighted by molar-refractivity contribution is 6.34. The molecule has 9 heteroatoms. The Morgan fingerprint density at radius 1 is 1.12 bits per heavy atom. The normalized spacial score (nSPS) is 28.8. The fourth-order valence-electron chi connectivity index (χ4n) is 6.97. The van der Waals surface area contributed by atoms with E-state index in [2.05, 4.69) is 10.6 Å². The molecule has 2 aliphatic carbocycles. The second-order valence-corrected chi connectivity index (χ2v) is 12.8. The van der Waals surface area contributed by atoms with Gasteiger partial charge in [-0.05, 0) is 50.7 Å². The molecule has 42 heavy (non-hydrogen) atoms. The van der Waals surface area contributed by atoms with E-state index in [1.807, 2.05) is 37.3 Å². The molecule has 0 spiro atoms. The van der Waals surface area contributed by atoms with Gasteiger partial charge in [0.25, 0.3) is 5.91 Å². The molecule has 7 rings (SSSR count). The van der Waals surface area contributed by atoms with Crippen LogP contribution in [0.4, 0.5) is 8.78 Å². The van der Waals surface area contributed by atoms with E-state index < -0.39 is 28.7 Å². The van der Waals surface area contributed by atoms with Crippen molar-refractivity contribution in [2.24, 2.45) is 0 Å². The van der Waals surface area contributed by atoms with Crippen molar-refractivity contribution < 1.29 is 28.2 Å². The summed E-state index contributed by atoms with van der Waals surface area (Å²) in [6.07, 6.45) is 3.92. The number of fused-ring (bicyclic) bond motifs is 4. The Labute approximate surface area is 248 Å². The minimum atomic E-state index is -0.930. The van der Waals surface area contributed by atoms with Crippen LogP contribution in [0.25, 0.3) is 11.1 Å². The molecule has 3 aromatic carbocycles. The maximum absolute atomic E-state index is 16.5. The van der Waals surface area contributed by atoms with Crippen LogP contribution in [0, 0.1) is 11.6 Å². The molecule has 0 unspecified atom stereocenters. The zero-order chi connectivity index (χ0) is 29.4. The number of carbonyl (C=O) groups is 1. The first-order valence-corrected chi connectivity index (χ1v) is 15.0. The van der Waals surface area contributed by atoms with E-state index in [9.17, 15) is 9.90 Å². The second-order valence-electron chi connectivity index (χ2n) is 12.4. The predicted octanol–water partition coefficient (Wildman–Crippen LogP) is 6.01. The molecule has 2 heterocycles. The van der Waals surface area contributed by atoms with Crippen LogP contribution in [-0.4, -0.2) is 42.4 Å². The highest BCUT2D eigenvalue weighted by Gasteiger charge is 2.52. The molecule has 2 saturated carbocycles. The molecule has 0 radical (unpaired) electrons. The Morgan fingerprint density at radius 3 is 2.57 bits per heavy atom. The van der Waals surface area contributed by atoms with Crippen LogP contribution in [0.5, 0.6) is 11.5 Å². The third kappa shape index (κ3) is 4.46. The Kier molecular flexibility index (Phi) is 6.53. The quantitative estimate of drug-likeness (QED) is 0.326. The van der Waals surface area contributed by atoms with Crippen LogP contribution in [0.2, 0.25) is 5.02 Å². The molecule has 3 N–H and O–H groups in total. The van der Waals surface area contributed by atoms with Gasteiger partial charge in [-0.3, -0.25) is 4.79 Å². The average molecular weight is 595 g/mol. The number of hydrogen-bond donors (Lipinski definition) is 3. The third-order valence-electron chi connectivity index (χ3n) is 9.46. The van der Waals surface area contributed by atoms with Gasteiger partial charge in [0, 0.05) is 60.3 Å². The molecule has 2 fully saturated rings. The van der Waals surface area contributed by atoms with E-state index in [0.717, 1.165) is 18.4 Å². The summed E-state index contributed by atoms with van der Waals surface area (Å²) >= 11 is 6.67. The van der Waals surface area contributed by atoms with Gasteiger partial charge in [-0.2, -0.15) is 0 Å². The highest BCUT2D eigenvalue weighted by Crippen LogP contribution is 2.58. The molecule has 220 valence electrons. The number of rotatable bonds is 6. The second kappa shape index (κ2) is 9.93. The summed E-state index contributed by atoms with van der Waals surface area (Å²) in [5, 5.41) is 16.4. The lowest BCUT2D eigenvalue weighted by molar-refractivity contribution is 0.0104. The molecule has 3 aromatic rings.